The van der Waals surface area contributed by atoms with Gasteiger partial charge in [-0.25, -0.2) is 14.8 Å². The number of fused-ring (bicyclic) bond motifs is 3. The van der Waals surface area contributed by atoms with Crippen molar-refractivity contribution >= 4 is 17.5 Å². The quantitative estimate of drug-likeness (QED) is 0.510. The molecule has 2 aromatic rings. The zero-order valence-electron chi connectivity index (χ0n) is 22.9. The topological polar surface area (TPSA) is 120 Å². The van der Waals surface area contributed by atoms with Crippen LogP contribution in [0.4, 0.5) is 10.6 Å². The number of amides is 1. The summed E-state index contributed by atoms with van der Waals surface area (Å²) >= 11 is 0. The molecule has 0 aliphatic heterocycles. The molecule has 0 atom stereocenters. The maximum Gasteiger partial charge on any atom is 0.407 e. The third-order valence-electron chi connectivity index (χ3n) is 7.18. The molecule has 0 bridgehead atoms. The average Bonchev–Trinajstić information content (AvgIpc) is 2.78. The first-order valence-electron chi connectivity index (χ1n) is 13.1. The number of benzene rings is 1. The molecule has 4 N–H and O–H groups in total. The number of nitrogens with one attached hydrogen (secondary N) is 1. The summed E-state index contributed by atoms with van der Waals surface area (Å²) in [6, 6.07) is 4.15. The molecule has 200 valence electrons. The van der Waals surface area contributed by atoms with Crippen molar-refractivity contribution in [3.05, 3.63) is 41.2 Å². The molecule has 1 aromatic carbocycles. The first-order chi connectivity index (χ1) is 17.4. The lowest BCUT2D eigenvalue weighted by molar-refractivity contribution is 0.0470. The maximum atomic E-state index is 12.2. The Balaban J connectivity index is 1.59. The van der Waals surface area contributed by atoms with E-state index in [2.05, 4.69) is 35.2 Å². The van der Waals surface area contributed by atoms with E-state index in [0.29, 0.717) is 5.82 Å². The van der Waals surface area contributed by atoms with E-state index in [4.69, 9.17) is 15.2 Å². The lowest BCUT2D eigenvalue weighted by Gasteiger charge is -2.36. The minimum Gasteiger partial charge on any atom is -0.490 e. The third kappa shape index (κ3) is 5.90. The van der Waals surface area contributed by atoms with Crippen LogP contribution in [0, 0.1) is 0 Å². The van der Waals surface area contributed by atoms with Crippen LogP contribution in [0.15, 0.2) is 24.5 Å². The van der Waals surface area contributed by atoms with Crippen LogP contribution in [0.1, 0.15) is 83.9 Å². The smallest absolute Gasteiger partial charge is 0.407 e. The van der Waals surface area contributed by atoms with E-state index in [0.717, 1.165) is 71.4 Å². The Kier molecular flexibility index (Phi) is 7.51. The highest BCUT2D eigenvalue weighted by Gasteiger charge is 2.37. The van der Waals surface area contributed by atoms with Gasteiger partial charge in [-0.05, 0) is 88.5 Å². The van der Waals surface area contributed by atoms with Gasteiger partial charge in [-0.3, -0.25) is 0 Å². The number of allylic oxidation sites excluding steroid dienone is 1. The Bertz CT molecular complexity index is 1190. The van der Waals surface area contributed by atoms with Gasteiger partial charge in [0.25, 0.3) is 0 Å². The van der Waals surface area contributed by atoms with Gasteiger partial charge in [-0.2, -0.15) is 0 Å². The fourth-order valence-corrected chi connectivity index (χ4v) is 5.58. The summed E-state index contributed by atoms with van der Waals surface area (Å²) in [5.41, 5.74) is 11.5. The van der Waals surface area contributed by atoms with Crippen LogP contribution in [0.2, 0.25) is 0 Å². The maximum absolute atomic E-state index is 12.2. The van der Waals surface area contributed by atoms with Crippen molar-refractivity contribution in [3.63, 3.8) is 0 Å². The monoisotopic (exact) mass is 508 g/mol. The number of carbonyl (C=O) groups is 1. The number of aliphatic hydroxyl groups excluding tert-OH is 1. The van der Waals surface area contributed by atoms with Gasteiger partial charge >= 0.3 is 6.09 Å². The lowest BCUT2D eigenvalue weighted by Crippen LogP contribution is -2.42. The number of aromatic nitrogens is 2. The van der Waals surface area contributed by atoms with Gasteiger partial charge < -0.3 is 25.6 Å². The Morgan fingerprint density at radius 1 is 1.22 bits per heavy atom. The second-order valence-corrected chi connectivity index (χ2v) is 11.8. The number of carbonyl (C=O) groups excluding carboxylic acids is 1. The SMILES string of the molecule is C/C(=C\CO)c1c(O[C@H]2CC[C@H](NC(=O)OC(C)(C)C)CC2)ccc2c1CC(C)(C)c1c(N)ncnc1-2. The molecule has 0 saturated heterocycles. The van der Waals surface area contributed by atoms with Crippen molar-refractivity contribution in [1.29, 1.82) is 0 Å². The van der Waals surface area contributed by atoms with Crippen molar-refractivity contribution in [2.45, 2.75) is 96.8 Å². The molecular formula is C29H40N4O4. The highest BCUT2D eigenvalue weighted by molar-refractivity contribution is 5.84. The molecule has 0 spiro atoms. The van der Waals surface area contributed by atoms with Crippen molar-refractivity contribution in [3.8, 4) is 17.0 Å². The number of nitrogens with zero attached hydrogens (tertiary/aromatic N) is 2. The number of rotatable bonds is 5. The molecule has 0 unspecified atom stereocenters. The van der Waals surface area contributed by atoms with Gasteiger partial charge in [0.2, 0.25) is 0 Å². The normalized spacial score (nSPS) is 21.0. The predicted molar refractivity (Wildman–Crippen MR) is 145 cm³/mol. The van der Waals surface area contributed by atoms with E-state index < -0.39 is 5.60 Å². The van der Waals surface area contributed by atoms with Crippen LogP contribution in [0.25, 0.3) is 16.8 Å². The minimum atomic E-state index is -0.514. The summed E-state index contributed by atoms with van der Waals surface area (Å²) in [7, 11) is 0. The zero-order chi connectivity index (χ0) is 27.0. The number of hydrogen-bond donors (Lipinski definition) is 3. The summed E-state index contributed by atoms with van der Waals surface area (Å²) in [6.45, 7) is 11.9. The fraction of sp³-hybridized carbons (Fsp3) is 0.552. The standard InChI is InChI=1S/C29H40N4O4/c1-17(13-14-34)23-21-15-29(5,6)24-25(31-16-32-26(24)30)20(21)11-12-22(23)36-19-9-7-18(8-10-19)33-27(35)37-28(2,3)4/h11-13,16,18-19,34H,7-10,14-15H2,1-6H3,(H,33,35)(H2,30,31,32)/b17-13+/t18-,19-. The van der Waals surface area contributed by atoms with Gasteiger partial charge in [0.1, 0.15) is 23.5 Å². The highest BCUT2D eigenvalue weighted by atomic mass is 16.6. The number of nitrogen functional groups attached to an aromatic ring is 1. The van der Waals surface area contributed by atoms with E-state index in [1.165, 1.54) is 6.33 Å². The molecule has 8 heteroatoms. The molecule has 4 rings (SSSR count). The van der Waals surface area contributed by atoms with E-state index in [-0.39, 0.29) is 30.3 Å². The molecule has 2 aliphatic rings. The fourth-order valence-electron chi connectivity index (χ4n) is 5.58. The van der Waals surface area contributed by atoms with Crippen molar-refractivity contribution in [1.82, 2.24) is 15.3 Å². The largest absolute Gasteiger partial charge is 0.490 e. The number of hydrogen-bond acceptors (Lipinski definition) is 7. The Hall–Kier alpha value is -3.13. The first-order valence-corrected chi connectivity index (χ1v) is 13.1. The van der Waals surface area contributed by atoms with Gasteiger partial charge in [-0.1, -0.05) is 19.9 Å². The first kappa shape index (κ1) is 26.9. The summed E-state index contributed by atoms with van der Waals surface area (Å²) < 4.78 is 12.0. The Morgan fingerprint density at radius 3 is 2.57 bits per heavy atom. The molecule has 1 amide bonds. The summed E-state index contributed by atoms with van der Waals surface area (Å²) in [4.78, 5) is 21.0. The molecule has 1 aromatic heterocycles. The molecule has 1 fully saturated rings. The minimum absolute atomic E-state index is 0.0391. The zero-order valence-corrected chi connectivity index (χ0v) is 22.9. The third-order valence-corrected chi connectivity index (χ3v) is 7.18. The van der Waals surface area contributed by atoms with Gasteiger partial charge in [0.05, 0.1) is 18.4 Å². The molecule has 0 radical (unpaired) electrons. The van der Waals surface area contributed by atoms with Gasteiger partial charge in [0.15, 0.2) is 0 Å². The highest BCUT2D eigenvalue weighted by Crippen LogP contribution is 2.48. The van der Waals surface area contributed by atoms with E-state index in [9.17, 15) is 9.90 Å². The molecule has 37 heavy (non-hydrogen) atoms. The number of alkyl carbamates (subject to hydrolysis) is 1. The Morgan fingerprint density at radius 2 is 1.92 bits per heavy atom. The number of aliphatic hydroxyl groups is 1. The number of ether oxygens (including phenoxy) is 2. The summed E-state index contributed by atoms with van der Waals surface area (Å²) in [6.07, 6.45) is 7.07. The second kappa shape index (κ2) is 10.3. The number of nitrogens with two attached hydrogens (primary N) is 1. The van der Waals surface area contributed by atoms with Gasteiger partial charge in [-0.15, -0.1) is 0 Å². The van der Waals surface area contributed by atoms with Crippen LogP contribution in [-0.2, 0) is 16.6 Å². The van der Waals surface area contributed by atoms with Crippen LogP contribution in [0.3, 0.4) is 0 Å². The van der Waals surface area contributed by atoms with Crippen molar-refractivity contribution < 1.29 is 19.4 Å². The van der Waals surface area contributed by atoms with Crippen molar-refractivity contribution in [2.24, 2.45) is 0 Å². The van der Waals surface area contributed by atoms with Crippen LogP contribution in [0.5, 0.6) is 5.75 Å². The van der Waals surface area contributed by atoms with E-state index in [1.54, 1.807) is 0 Å². The van der Waals surface area contributed by atoms with Crippen molar-refractivity contribution in [2.75, 3.05) is 12.3 Å². The summed E-state index contributed by atoms with van der Waals surface area (Å²) in [5.74, 6) is 1.33. The predicted octanol–water partition coefficient (Wildman–Crippen LogP) is 5.17. The Labute approximate surface area is 219 Å². The molecule has 2 aliphatic carbocycles. The van der Waals surface area contributed by atoms with E-state index >= 15 is 0 Å². The second-order valence-electron chi connectivity index (χ2n) is 11.8. The number of anilines is 1. The molecule has 8 nitrogen and oxygen atoms in total. The molecule has 1 saturated carbocycles. The van der Waals surface area contributed by atoms with Crippen LogP contribution >= 0.6 is 0 Å². The lowest BCUT2D eigenvalue weighted by atomic mass is 9.70. The van der Waals surface area contributed by atoms with Crippen LogP contribution in [-0.4, -0.2) is 45.5 Å². The van der Waals surface area contributed by atoms with E-state index in [1.807, 2.05) is 39.8 Å². The van der Waals surface area contributed by atoms with Crippen LogP contribution < -0.4 is 15.8 Å². The molecule has 1 heterocycles. The summed E-state index contributed by atoms with van der Waals surface area (Å²) in [5, 5.41) is 12.7. The average molecular weight is 509 g/mol. The van der Waals surface area contributed by atoms with Gasteiger partial charge in [0, 0.05) is 22.7 Å². The molecular weight excluding hydrogens is 468 g/mol.